The van der Waals surface area contributed by atoms with E-state index in [1.165, 1.54) is 18.2 Å². The molecule has 1 heterocycles. The van der Waals surface area contributed by atoms with Crippen LogP contribution < -0.4 is 11.3 Å². The summed E-state index contributed by atoms with van der Waals surface area (Å²) < 4.78 is 14.9. The van der Waals surface area contributed by atoms with Crippen molar-refractivity contribution in [2.24, 2.45) is 0 Å². The number of halogens is 1. The van der Waals surface area contributed by atoms with Crippen LogP contribution >= 0.6 is 0 Å². The quantitative estimate of drug-likeness (QED) is 0.788. The molecule has 0 atom stereocenters. The second-order valence-electron chi connectivity index (χ2n) is 3.76. The maximum absolute atomic E-state index is 13.3. The van der Waals surface area contributed by atoms with Crippen LogP contribution in [0.3, 0.4) is 0 Å². The zero-order valence-electron chi connectivity index (χ0n) is 9.03. The minimum absolute atomic E-state index is 0.0722. The Hall–Kier alpha value is -1.84. The second-order valence-corrected chi connectivity index (χ2v) is 3.76. The van der Waals surface area contributed by atoms with E-state index in [1.807, 2.05) is 6.92 Å². The molecule has 0 bridgehead atoms. The zero-order chi connectivity index (χ0) is 11.7. The van der Waals surface area contributed by atoms with Crippen LogP contribution in [-0.4, -0.2) is 4.57 Å². The summed E-state index contributed by atoms with van der Waals surface area (Å²) >= 11 is 0. The van der Waals surface area contributed by atoms with Crippen molar-refractivity contribution in [3.63, 3.8) is 0 Å². The molecular weight excluding hydrogens is 207 g/mol. The topological polar surface area (TPSA) is 48.0 Å². The molecule has 3 nitrogen and oxygen atoms in total. The fourth-order valence-electron chi connectivity index (χ4n) is 1.78. The second kappa shape index (κ2) is 3.96. The van der Waals surface area contributed by atoms with Gasteiger partial charge < -0.3 is 10.3 Å². The molecule has 1 aromatic carbocycles. The van der Waals surface area contributed by atoms with Gasteiger partial charge in [0.05, 0.1) is 11.2 Å². The smallest absolute Gasteiger partial charge is 0.251 e. The number of aromatic nitrogens is 1. The van der Waals surface area contributed by atoms with Gasteiger partial charge in [-0.15, -0.1) is 0 Å². The summed E-state index contributed by atoms with van der Waals surface area (Å²) in [5.41, 5.74) is 6.19. The Balaban J connectivity index is 2.81. The predicted molar refractivity (Wildman–Crippen MR) is 62.9 cm³/mol. The van der Waals surface area contributed by atoms with Gasteiger partial charge >= 0.3 is 0 Å². The predicted octanol–water partition coefficient (Wildman–Crippen LogP) is 2.13. The van der Waals surface area contributed by atoms with Crippen molar-refractivity contribution in [2.45, 2.75) is 19.9 Å². The Bertz CT molecular complexity index is 589. The van der Waals surface area contributed by atoms with E-state index in [9.17, 15) is 9.18 Å². The maximum atomic E-state index is 13.3. The summed E-state index contributed by atoms with van der Waals surface area (Å²) in [6.07, 6.45) is 0.844. The van der Waals surface area contributed by atoms with E-state index in [0.29, 0.717) is 17.4 Å². The summed E-state index contributed by atoms with van der Waals surface area (Å²) in [5.74, 6) is -0.450. The van der Waals surface area contributed by atoms with Crippen LogP contribution in [0, 0.1) is 5.82 Å². The van der Waals surface area contributed by atoms with Gasteiger partial charge in [0.25, 0.3) is 5.56 Å². The third kappa shape index (κ3) is 1.66. The molecule has 2 rings (SSSR count). The van der Waals surface area contributed by atoms with Crippen molar-refractivity contribution in [3.8, 4) is 0 Å². The number of hydrogen-bond acceptors (Lipinski definition) is 2. The number of fused-ring (bicyclic) bond motifs is 1. The molecule has 0 radical (unpaired) electrons. The molecule has 0 fully saturated rings. The number of benzene rings is 1. The van der Waals surface area contributed by atoms with Crippen LogP contribution in [0.25, 0.3) is 10.9 Å². The molecule has 16 heavy (non-hydrogen) atoms. The number of nitrogens with zero attached hydrogens (tertiary/aromatic N) is 1. The molecule has 0 spiro atoms. The van der Waals surface area contributed by atoms with Gasteiger partial charge in [-0.25, -0.2) is 4.39 Å². The summed E-state index contributed by atoms with van der Waals surface area (Å²) in [7, 11) is 0. The van der Waals surface area contributed by atoms with Gasteiger partial charge in [-0.3, -0.25) is 4.79 Å². The Morgan fingerprint density at radius 1 is 1.38 bits per heavy atom. The van der Waals surface area contributed by atoms with Crippen molar-refractivity contribution in [2.75, 3.05) is 5.73 Å². The summed E-state index contributed by atoms with van der Waals surface area (Å²) in [6, 6.07) is 5.94. The molecule has 2 N–H and O–H groups in total. The van der Waals surface area contributed by atoms with E-state index in [4.69, 9.17) is 5.73 Å². The normalized spacial score (nSPS) is 10.9. The Kier molecular flexibility index (Phi) is 2.64. The van der Waals surface area contributed by atoms with E-state index in [0.717, 1.165) is 6.42 Å². The molecular formula is C12H13FN2O. The molecule has 0 saturated carbocycles. The van der Waals surface area contributed by atoms with Gasteiger partial charge in [0, 0.05) is 18.0 Å². The summed E-state index contributed by atoms with van der Waals surface area (Å²) in [6.45, 7) is 2.60. The average Bonchev–Trinajstić information content (AvgIpc) is 2.25. The third-order valence-electron chi connectivity index (χ3n) is 2.56. The largest absolute Gasteiger partial charge is 0.396 e. The number of nitrogens with two attached hydrogens (primary N) is 1. The highest BCUT2D eigenvalue weighted by Gasteiger charge is 2.06. The van der Waals surface area contributed by atoms with Gasteiger partial charge in [-0.05, 0) is 24.6 Å². The van der Waals surface area contributed by atoms with Crippen LogP contribution in [0.2, 0.25) is 0 Å². The van der Waals surface area contributed by atoms with Crippen molar-refractivity contribution in [3.05, 3.63) is 40.4 Å². The van der Waals surface area contributed by atoms with E-state index in [2.05, 4.69) is 0 Å². The van der Waals surface area contributed by atoms with E-state index in [-0.39, 0.29) is 11.2 Å². The highest BCUT2D eigenvalue weighted by Crippen LogP contribution is 2.19. The fourth-order valence-corrected chi connectivity index (χ4v) is 1.78. The van der Waals surface area contributed by atoms with Gasteiger partial charge in [0.15, 0.2) is 0 Å². The molecule has 0 aliphatic rings. The Morgan fingerprint density at radius 2 is 2.12 bits per heavy atom. The first-order valence-electron chi connectivity index (χ1n) is 5.22. The minimum Gasteiger partial charge on any atom is -0.396 e. The van der Waals surface area contributed by atoms with Crippen LogP contribution in [0.4, 0.5) is 10.1 Å². The lowest BCUT2D eigenvalue weighted by atomic mass is 10.2. The van der Waals surface area contributed by atoms with Crippen molar-refractivity contribution < 1.29 is 4.39 Å². The van der Waals surface area contributed by atoms with E-state index >= 15 is 0 Å². The van der Waals surface area contributed by atoms with Crippen molar-refractivity contribution >= 4 is 16.6 Å². The SMILES string of the molecule is CCCn1c(=O)ccc2cc(F)c(N)cc21. The Labute approximate surface area is 92.3 Å². The lowest BCUT2D eigenvalue weighted by Crippen LogP contribution is -2.19. The molecule has 0 aliphatic heterocycles. The van der Waals surface area contributed by atoms with Crippen LogP contribution in [0.1, 0.15) is 13.3 Å². The van der Waals surface area contributed by atoms with E-state index < -0.39 is 5.82 Å². The molecule has 0 unspecified atom stereocenters. The highest BCUT2D eigenvalue weighted by molar-refractivity contribution is 5.82. The Morgan fingerprint density at radius 3 is 2.81 bits per heavy atom. The number of pyridine rings is 1. The van der Waals surface area contributed by atoms with Gasteiger partial charge in [0.1, 0.15) is 5.82 Å². The molecule has 4 heteroatoms. The first-order valence-corrected chi connectivity index (χ1v) is 5.22. The first kappa shape index (κ1) is 10.7. The monoisotopic (exact) mass is 220 g/mol. The van der Waals surface area contributed by atoms with Gasteiger partial charge in [-0.2, -0.15) is 0 Å². The maximum Gasteiger partial charge on any atom is 0.251 e. The molecule has 0 saturated heterocycles. The highest BCUT2D eigenvalue weighted by atomic mass is 19.1. The summed E-state index contributed by atoms with van der Waals surface area (Å²) in [5, 5.41) is 0.694. The molecule has 1 aromatic heterocycles. The number of anilines is 1. The standard InChI is InChI=1S/C12H13FN2O/c1-2-5-15-11-7-10(14)9(13)6-8(11)3-4-12(15)16/h3-4,6-7H,2,5,14H2,1H3. The van der Waals surface area contributed by atoms with Gasteiger partial charge in [0.2, 0.25) is 0 Å². The number of nitrogen functional groups attached to an aromatic ring is 1. The summed E-state index contributed by atoms with van der Waals surface area (Å²) in [4.78, 5) is 11.6. The lowest BCUT2D eigenvalue weighted by Gasteiger charge is -2.09. The van der Waals surface area contributed by atoms with Gasteiger partial charge in [-0.1, -0.05) is 6.92 Å². The van der Waals surface area contributed by atoms with Crippen LogP contribution in [0.15, 0.2) is 29.1 Å². The van der Waals surface area contributed by atoms with Crippen molar-refractivity contribution in [1.29, 1.82) is 0 Å². The molecule has 84 valence electrons. The number of hydrogen-bond donors (Lipinski definition) is 1. The molecule has 0 amide bonds. The molecule has 0 aliphatic carbocycles. The van der Waals surface area contributed by atoms with E-state index in [1.54, 1.807) is 10.6 Å². The number of rotatable bonds is 2. The van der Waals surface area contributed by atoms with Crippen molar-refractivity contribution in [1.82, 2.24) is 4.57 Å². The minimum atomic E-state index is -0.450. The third-order valence-corrected chi connectivity index (χ3v) is 2.56. The fraction of sp³-hybridized carbons (Fsp3) is 0.250. The van der Waals surface area contributed by atoms with Crippen LogP contribution in [-0.2, 0) is 6.54 Å². The first-order chi connectivity index (χ1) is 7.63. The zero-order valence-corrected chi connectivity index (χ0v) is 9.03. The molecule has 2 aromatic rings. The number of aryl methyl sites for hydroxylation is 1. The average molecular weight is 220 g/mol. The van der Waals surface area contributed by atoms with Crippen LogP contribution in [0.5, 0.6) is 0 Å². The lowest BCUT2D eigenvalue weighted by molar-refractivity contribution is 0.632.